The molecule has 0 radical (unpaired) electrons. The first-order chi connectivity index (χ1) is 18.3. The van der Waals surface area contributed by atoms with E-state index in [0.29, 0.717) is 30.3 Å². The number of rotatable bonds is 17. The average molecular weight is 545 g/mol. The van der Waals surface area contributed by atoms with Gasteiger partial charge in [-0.25, -0.2) is 18.7 Å². The number of fused-ring (bicyclic) bond motifs is 1. The molecule has 1 aliphatic rings. The second-order valence-corrected chi connectivity index (χ2v) is 17.5. The Morgan fingerprint density at radius 3 is 2.32 bits per heavy atom. The van der Waals surface area contributed by atoms with Crippen molar-refractivity contribution in [3.63, 3.8) is 0 Å². The van der Waals surface area contributed by atoms with E-state index in [0.717, 1.165) is 37.7 Å². The van der Waals surface area contributed by atoms with E-state index < -0.39 is 19.7 Å². The van der Waals surface area contributed by atoms with Gasteiger partial charge in [-0.15, -0.1) is 0 Å². The Hall–Kier alpha value is -1.82. The number of aromatic nitrogens is 2. The largest absolute Gasteiger partial charge is 0.490 e. The van der Waals surface area contributed by atoms with Crippen molar-refractivity contribution in [3.8, 4) is 17.1 Å². The summed E-state index contributed by atoms with van der Waals surface area (Å²) < 4.78 is 36.3. The van der Waals surface area contributed by atoms with Gasteiger partial charge in [0, 0.05) is 8.07 Å². The van der Waals surface area contributed by atoms with E-state index in [9.17, 15) is 0 Å². The van der Waals surface area contributed by atoms with E-state index in [2.05, 4.69) is 36.9 Å². The summed E-state index contributed by atoms with van der Waals surface area (Å²) in [5, 5.41) is 0. The van der Waals surface area contributed by atoms with Gasteiger partial charge in [-0.05, 0) is 48.8 Å². The van der Waals surface area contributed by atoms with Crippen molar-refractivity contribution in [3.05, 3.63) is 41.2 Å². The topological polar surface area (TPSA) is 35.0 Å². The number of ether oxygens (including phenoxy) is 1. The van der Waals surface area contributed by atoms with Gasteiger partial charge < -0.3 is 4.74 Å². The van der Waals surface area contributed by atoms with Gasteiger partial charge in [0.2, 0.25) is 0 Å². The van der Waals surface area contributed by atoms with Gasteiger partial charge in [-0.1, -0.05) is 103 Å². The van der Waals surface area contributed by atoms with Crippen molar-refractivity contribution in [1.82, 2.24) is 9.97 Å². The smallest absolute Gasteiger partial charge is 0.165 e. The predicted molar refractivity (Wildman–Crippen MR) is 158 cm³/mol. The Labute approximate surface area is 231 Å². The van der Waals surface area contributed by atoms with E-state index >= 15 is 8.78 Å². The SMILES string of the molecule is CCCCCCCCOc1cnc(-c2c(F)cc3c(c2F)CCC(CCCC[Si](C)(C)CCCC)C3)nc1. The van der Waals surface area contributed by atoms with Crippen LogP contribution in [0.15, 0.2) is 18.5 Å². The summed E-state index contributed by atoms with van der Waals surface area (Å²) in [7, 11) is -1.06. The Bertz CT molecular complexity index is 980. The van der Waals surface area contributed by atoms with E-state index in [1.807, 2.05) is 0 Å². The molecule has 1 aliphatic carbocycles. The molecule has 0 saturated carbocycles. The van der Waals surface area contributed by atoms with Crippen LogP contribution in [-0.2, 0) is 12.8 Å². The van der Waals surface area contributed by atoms with Gasteiger partial charge >= 0.3 is 0 Å². The normalized spacial score (nSPS) is 15.5. The highest BCUT2D eigenvalue weighted by Gasteiger charge is 2.27. The number of benzene rings is 1. The molecule has 0 bridgehead atoms. The Balaban J connectivity index is 1.52. The standard InChI is InChI=1S/C32H50F2N2OSi/c1-5-7-9-10-11-13-18-37-27-23-35-32(36-24-27)30-29(33)22-26-21-25(16-17-28(26)31(30)34)15-12-14-20-38(3,4)19-8-6-2/h22-25H,5-21H2,1-4H3. The summed E-state index contributed by atoms with van der Waals surface area (Å²) in [5.41, 5.74) is 1.37. The van der Waals surface area contributed by atoms with E-state index in [4.69, 9.17) is 4.74 Å². The van der Waals surface area contributed by atoms with Crippen molar-refractivity contribution in [2.75, 3.05) is 6.61 Å². The Kier molecular flexibility index (Phi) is 12.7. The molecule has 1 aromatic carbocycles. The van der Waals surface area contributed by atoms with Crippen molar-refractivity contribution in [2.24, 2.45) is 5.92 Å². The molecule has 212 valence electrons. The van der Waals surface area contributed by atoms with Crippen molar-refractivity contribution in [2.45, 2.75) is 129 Å². The molecule has 0 fully saturated rings. The number of nitrogens with zero attached hydrogens (tertiary/aromatic N) is 2. The lowest BCUT2D eigenvalue weighted by molar-refractivity contribution is 0.302. The molecule has 2 aromatic rings. The van der Waals surface area contributed by atoms with Crippen LogP contribution >= 0.6 is 0 Å². The van der Waals surface area contributed by atoms with Gasteiger partial charge in [0.1, 0.15) is 11.6 Å². The van der Waals surface area contributed by atoms with Crippen molar-refractivity contribution in [1.29, 1.82) is 0 Å². The minimum absolute atomic E-state index is 0.0895. The van der Waals surface area contributed by atoms with Crippen LogP contribution in [0.25, 0.3) is 11.4 Å². The third kappa shape index (κ3) is 9.43. The number of hydrogen-bond donors (Lipinski definition) is 0. The van der Waals surface area contributed by atoms with Crippen LogP contribution in [0, 0.1) is 17.6 Å². The van der Waals surface area contributed by atoms with Crippen molar-refractivity contribution >= 4 is 8.07 Å². The summed E-state index contributed by atoms with van der Waals surface area (Å²) in [6, 6.07) is 4.36. The van der Waals surface area contributed by atoms with Crippen LogP contribution in [0.5, 0.6) is 5.75 Å². The zero-order valence-electron chi connectivity index (χ0n) is 24.4. The fourth-order valence-electron chi connectivity index (χ4n) is 5.78. The molecule has 38 heavy (non-hydrogen) atoms. The van der Waals surface area contributed by atoms with Crippen LogP contribution in [-0.4, -0.2) is 24.6 Å². The highest BCUT2D eigenvalue weighted by molar-refractivity contribution is 6.77. The number of hydrogen-bond acceptors (Lipinski definition) is 3. The minimum atomic E-state index is -1.06. The zero-order chi connectivity index (χ0) is 27.4. The highest BCUT2D eigenvalue weighted by atomic mass is 28.3. The molecule has 1 aromatic heterocycles. The maximum Gasteiger partial charge on any atom is 0.165 e. The molecule has 0 aliphatic heterocycles. The summed E-state index contributed by atoms with van der Waals surface area (Å²) in [6.45, 7) is 10.1. The molecule has 0 saturated heterocycles. The lowest BCUT2D eigenvalue weighted by atomic mass is 9.80. The molecular weight excluding hydrogens is 494 g/mol. The number of halogens is 2. The van der Waals surface area contributed by atoms with E-state index in [1.165, 1.54) is 81.9 Å². The first-order valence-electron chi connectivity index (χ1n) is 15.3. The molecule has 1 atom stereocenters. The maximum absolute atomic E-state index is 15.5. The molecule has 6 heteroatoms. The quantitative estimate of drug-likeness (QED) is 0.147. The second kappa shape index (κ2) is 15.7. The lowest BCUT2D eigenvalue weighted by Gasteiger charge is -2.27. The minimum Gasteiger partial charge on any atom is -0.490 e. The van der Waals surface area contributed by atoms with E-state index in [-0.39, 0.29) is 11.4 Å². The Morgan fingerprint density at radius 1 is 0.895 bits per heavy atom. The van der Waals surface area contributed by atoms with Crippen LogP contribution in [0.3, 0.4) is 0 Å². The fraction of sp³-hybridized carbons (Fsp3) is 0.688. The molecule has 0 N–H and O–H groups in total. The molecule has 1 unspecified atom stereocenters. The lowest BCUT2D eigenvalue weighted by Crippen LogP contribution is -2.24. The molecule has 0 amide bonds. The third-order valence-corrected chi connectivity index (χ3v) is 11.7. The van der Waals surface area contributed by atoms with Crippen molar-refractivity contribution < 1.29 is 13.5 Å². The highest BCUT2D eigenvalue weighted by Crippen LogP contribution is 2.36. The Morgan fingerprint density at radius 2 is 1.58 bits per heavy atom. The summed E-state index contributed by atoms with van der Waals surface area (Å²) in [4.78, 5) is 8.50. The molecule has 3 rings (SSSR count). The summed E-state index contributed by atoms with van der Waals surface area (Å²) in [6.07, 6.45) is 18.9. The summed E-state index contributed by atoms with van der Waals surface area (Å²) >= 11 is 0. The molecule has 0 spiro atoms. The van der Waals surface area contributed by atoms with Gasteiger partial charge in [-0.2, -0.15) is 0 Å². The first-order valence-corrected chi connectivity index (χ1v) is 18.7. The zero-order valence-corrected chi connectivity index (χ0v) is 25.4. The average Bonchev–Trinajstić information content (AvgIpc) is 2.90. The van der Waals surface area contributed by atoms with Crippen LogP contribution in [0.1, 0.15) is 102 Å². The molecule has 1 heterocycles. The van der Waals surface area contributed by atoms with Gasteiger partial charge in [-0.3, -0.25) is 0 Å². The van der Waals surface area contributed by atoms with Gasteiger partial charge in [0.25, 0.3) is 0 Å². The van der Waals surface area contributed by atoms with Crippen LogP contribution in [0.4, 0.5) is 8.78 Å². The van der Waals surface area contributed by atoms with Gasteiger partial charge in [0.15, 0.2) is 11.6 Å². The van der Waals surface area contributed by atoms with Gasteiger partial charge in [0.05, 0.1) is 24.6 Å². The third-order valence-electron chi connectivity index (χ3n) is 8.26. The fourth-order valence-corrected chi connectivity index (χ4v) is 8.55. The predicted octanol–water partition coefficient (Wildman–Crippen LogP) is 9.94. The monoisotopic (exact) mass is 544 g/mol. The molecular formula is C32H50F2N2OSi. The second-order valence-electron chi connectivity index (χ2n) is 12.2. The first kappa shape index (κ1) is 30.7. The summed E-state index contributed by atoms with van der Waals surface area (Å²) in [5.74, 6) is 0.105. The van der Waals surface area contributed by atoms with Crippen LogP contribution in [0.2, 0.25) is 25.2 Å². The maximum atomic E-state index is 15.5. The molecule has 3 nitrogen and oxygen atoms in total. The van der Waals surface area contributed by atoms with E-state index in [1.54, 1.807) is 0 Å². The van der Waals surface area contributed by atoms with Crippen LogP contribution < -0.4 is 4.74 Å². The number of unbranched alkanes of at least 4 members (excludes halogenated alkanes) is 7.